The zero-order valence-electron chi connectivity index (χ0n) is 25.0. The van der Waals surface area contributed by atoms with Gasteiger partial charge in [0.05, 0.1) is 25.0 Å². The predicted octanol–water partition coefficient (Wildman–Crippen LogP) is 5.47. The summed E-state index contributed by atoms with van der Waals surface area (Å²) in [6, 6.07) is 20.4. The average molecular weight is 572 g/mol. The molecule has 2 amide bonds. The zero-order valence-corrected chi connectivity index (χ0v) is 25.0. The van der Waals surface area contributed by atoms with E-state index in [9.17, 15) is 14.7 Å². The molecule has 0 saturated heterocycles. The number of benzene rings is 3. The zero-order chi connectivity index (χ0) is 30.4. The Morgan fingerprint density at radius 3 is 2.38 bits per heavy atom. The molecule has 0 radical (unpaired) electrons. The number of carbonyl (C=O) groups is 2. The SMILES string of the molecule is CCN(c1ccc(OC)cc1)c1ccccc1C[C@@H](O)[C@@H](C)c1c(C(N)=O)cccc1C(=O)NC(C)C1CC=C(C)O1. The van der Waals surface area contributed by atoms with Crippen molar-refractivity contribution < 1.29 is 24.2 Å². The number of hydrogen-bond donors (Lipinski definition) is 3. The number of aliphatic hydroxyl groups is 1. The van der Waals surface area contributed by atoms with Crippen molar-refractivity contribution in [3.8, 4) is 5.75 Å². The van der Waals surface area contributed by atoms with E-state index in [2.05, 4.69) is 17.1 Å². The van der Waals surface area contributed by atoms with Gasteiger partial charge in [0.25, 0.3) is 5.91 Å². The Morgan fingerprint density at radius 2 is 1.76 bits per heavy atom. The number of nitrogens with one attached hydrogen (secondary N) is 1. The fourth-order valence-electron chi connectivity index (χ4n) is 5.56. The molecule has 4 rings (SSSR count). The van der Waals surface area contributed by atoms with Crippen LogP contribution in [0.2, 0.25) is 0 Å². The highest BCUT2D eigenvalue weighted by atomic mass is 16.5. The molecule has 42 heavy (non-hydrogen) atoms. The Balaban J connectivity index is 1.61. The molecule has 0 saturated carbocycles. The van der Waals surface area contributed by atoms with Gasteiger partial charge in [-0.3, -0.25) is 9.59 Å². The summed E-state index contributed by atoms with van der Waals surface area (Å²) in [6.07, 6.45) is 1.94. The topological polar surface area (TPSA) is 114 Å². The van der Waals surface area contributed by atoms with Gasteiger partial charge in [-0.2, -0.15) is 0 Å². The molecule has 8 heteroatoms. The number of primary amides is 1. The van der Waals surface area contributed by atoms with Gasteiger partial charge < -0.3 is 30.5 Å². The number of allylic oxidation sites excluding steroid dienone is 1. The summed E-state index contributed by atoms with van der Waals surface area (Å²) in [4.78, 5) is 28.2. The quantitative estimate of drug-likeness (QED) is 0.266. The lowest BCUT2D eigenvalue weighted by atomic mass is 9.84. The molecule has 4 atom stereocenters. The normalized spacial score (nSPS) is 16.5. The molecule has 2 unspecified atom stereocenters. The van der Waals surface area contributed by atoms with Gasteiger partial charge in [-0.05, 0) is 80.4 Å². The molecule has 0 spiro atoms. The van der Waals surface area contributed by atoms with Gasteiger partial charge in [-0.25, -0.2) is 0 Å². The number of rotatable bonds is 12. The van der Waals surface area contributed by atoms with Crippen molar-refractivity contribution in [2.45, 2.75) is 64.7 Å². The van der Waals surface area contributed by atoms with Crippen molar-refractivity contribution in [3.63, 3.8) is 0 Å². The van der Waals surface area contributed by atoms with Crippen LogP contribution in [0.25, 0.3) is 0 Å². The van der Waals surface area contributed by atoms with E-state index >= 15 is 0 Å². The van der Waals surface area contributed by atoms with E-state index in [0.29, 0.717) is 30.5 Å². The van der Waals surface area contributed by atoms with Crippen LogP contribution in [0.5, 0.6) is 5.75 Å². The second-order valence-corrected chi connectivity index (χ2v) is 10.7. The molecule has 8 nitrogen and oxygen atoms in total. The molecule has 1 heterocycles. The first-order valence-electron chi connectivity index (χ1n) is 14.4. The summed E-state index contributed by atoms with van der Waals surface area (Å²) in [5.74, 6) is 0.0496. The number of nitrogens with two attached hydrogens (primary N) is 1. The molecule has 1 aliphatic heterocycles. The van der Waals surface area contributed by atoms with E-state index in [1.807, 2.05) is 75.4 Å². The van der Waals surface area contributed by atoms with Crippen molar-refractivity contribution in [2.24, 2.45) is 5.73 Å². The number of nitrogens with zero attached hydrogens (tertiary/aromatic N) is 1. The maximum Gasteiger partial charge on any atom is 0.251 e. The van der Waals surface area contributed by atoms with Gasteiger partial charge >= 0.3 is 0 Å². The van der Waals surface area contributed by atoms with Gasteiger partial charge in [0.15, 0.2) is 0 Å². The predicted molar refractivity (Wildman–Crippen MR) is 165 cm³/mol. The standard InChI is InChI=1S/C34H41N3O5/c1-6-37(25-15-17-26(41-5)18-16-25)29-13-8-7-10-24(29)20-30(38)22(3)32-27(33(35)39)11-9-12-28(32)34(40)36-23(4)31-19-14-21(2)42-31/h7-18,22-23,30-31,38H,6,19-20H2,1-5H3,(H2,35,39)(H,36,40)/t22-,23?,30-,31?/m1/s1. The van der Waals surface area contributed by atoms with Gasteiger partial charge in [0.2, 0.25) is 5.91 Å². The van der Waals surface area contributed by atoms with Crippen molar-refractivity contribution in [1.82, 2.24) is 5.32 Å². The minimum Gasteiger partial charge on any atom is -0.497 e. The van der Waals surface area contributed by atoms with E-state index < -0.39 is 17.9 Å². The summed E-state index contributed by atoms with van der Waals surface area (Å²) in [5.41, 5.74) is 9.63. The number of hydrogen-bond acceptors (Lipinski definition) is 6. The molecule has 0 aromatic heterocycles. The number of ether oxygens (including phenoxy) is 2. The largest absolute Gasteiger partial charge is 0.497 e. The first-order valence-corrected chi connectivity index (χ1v) is 14.4. The van der Waals surface area contributed by atoms with Crippen LogP contribution in [0.3, 0.4) is 0 Å². The fraction of sp³-hybridized carbons (Fsp3) is 0.353. The van der Waals surface area contributed by atoms with E-state index in [1.165, 1.54) is 0 Å². The summed E-state index contributed by atoms with van der Waals surface area (Å²) in [6.45, 7) is 8.39. The third-order valence-electron chi connectivity index (χ3n) is 7.95. The number of aliphatic hydroxyl groups excluding tert-OH is 1. The lowest BCUT2D eigenvalue weighted by Gasteiger charge is -2.29. The summed E-state index contributed by atoms with van der Waals surface area (Å²) >= 11 is 0. The molecular formula is C34H41N3O5. The number of para-hydroxylation sites is 1. The van der Waals surface area contributed by atoms with Crippen LogP contribution in [0.1, 0.15) is 71.9 Å². The molecular weight excluding hydrogens is 530 g/mol. The minimum atomic E-state index is -0.907. The number of carbonyl (C=O) groups excluding carboxylic acids is 2. The number of methoxy groups -OCH3 is 1. The molecule has 4 N–H and O–H groups in total. The first-order chi connectivity index (χ1) is 20.1. The Kier molecular flexibility index (Phi) is 9.91. The molecule has 3 aromatic carbocycles. The molecule has 222 valence electrons. The number of anilines is 2. The Bertz CT molecular complexity index is 1440. The van der Waals surface area contributed by atoms with Gasteiger partial charge in [-0.1, -0.05) is 31.2 Å². The van der Waals surface area contributed by atoms with Crippen LogP contribution in [0, 0.1) is 0 Å². The van der Waals surface area contributed by atoms with Gasteiger partial charge in [0, 0.05) is 47.8 Å². The van der Waals surface area contributed by atoms with Gasteiger partial charge in [-0.15, -0.1) is 0 Å². The van der Waals surface area contributed by atoms with Crippen LogP contribution in [0.15, 0.2) is 78.6 Å². The highest BCUT2D eigenvalue weighted by Crippen LogP contribution is 2.34. The summed E-state index contributed by atoms with van der Waals surface area (Å²) in [7, 11) is 1.64. The second kappa shape index (κ2) is 13.6. The Labute approximate surface area is 248 Å². The molecule has 0 bridgehead atoms. The smallest absolute Gasteiger partial charge is 0.251 e. The van der Waals surface area contributed by atoms with Crippen molar-refractivity contribution in [3.05, 3.63) is 101 Å². The molecule has 3 aromatic rings. The number of amides is 2. The van der Waals surface area contributed by atoms with Crippen molar-refractivity contribution >= 4 is 23.2 Å². The van der Waals surface area contributed by atoms with Crippen LogP contribution in [-0.4, -0.2) is 48.8 Å². The van der Waals surface area contributed by atoms with Crippen LogP contribution in [-0.2, 0) is 11.2 Å². The Hall–Kier alpha value is -4.30. The lowest BCUT2D eigenvalue weighted by Crippen LogP contribution is -2.41. The maximum atomic E-state index is 13.5. The molecule has 0 aliphatic carbocycles. The summed E-state index contributed by atoms with van der Waals surface area (Å²) < 4.78 is 11.1. The maximum absolute atomic E-state index is 13.5. The minimum absolute atomic E-state index is 0.163. The average Bonchev–Trinajstić information content (AvgIpc) is 3.44. The van der Waals surface area contributed by atoms with E-state index in [4.69, 9.17) is 15.2 Å². The first kappa shape index (κ1) is 30.7. The highest BCUT2D eigenvalue weighted by Gasteiger charge is 2.30. The molecule has 1 aliphatic rings. The summed E-state index contributed by atoms with van der Waals surface area (Å²) in [5, 5.41) is 14.6. The third kappa shape index (κ3) is 6.77. The van der Waals surface area contributed by atoms with Gasteiger partial charge in [0.1, 0.15) is 11.9 Å². The van der Waals surface area contributed by atoms with E-state index in [1.54, 1.807) is 25.3 Å². The molecule has 0 fully saturated rings. The Morgan fingerprint density at radius 1 is 1.07 bits per heavy atom. The lowest BCUT2D eigenvalue weighted by molar-refractivity contribution is 0.0814. The second-order valence-electron chi connectivity index (χ2n) is 10.7. The van der Waals surface area contributed by atoms with Crippen LogP contribution >= 0.6 is 0 Å². The monoisotopic (exact) mass is 571 g/mol. The van der Waals surface area contributed by atoms with E-state index in [-0.39, 0.29) is 23.6 Å². The fourth-order valence-corrected chi connectivity index (χ4v) is 5.56. The third-order valence-corrected chi connectivity index (χ3v) is 7.95. The van der Waals surface area contributed by atoms with E-state index in [0.717, 1.165) is 28.4 Å². The highest BCUT2D eigenvalue weighted by molar-refractivity contribution is 6.02. The van der Waals surface area contributed by atoms with Crippen molar-refractivity contribution in [1.29, 1.82) is 0 Å². The van der Waals surface area contributed by atoms with Crippen LogP contribution in [0.4, 0.5) is 11.4 Å². The van der Waals surface area contributed by atoms with Crippen LogP contribution < -0.4 is 20.7 Å². The van der Waals surface area contributed by atoms with Crippen molar-refractivity contribution in [2.75, 3.05) is 18.6 Å².